The molecule has 0 bridgehead atoms. The minimum absolute atomic E-state index is 0.163. The zero-order chi connectivity index (χ0) is 21.4. The Hall–Kier alpha value is -3.11. The lowest BCUT2D eigenvalue weighted by Gasteiger charge is -2.19. The highest BCUT2D eigenvalue weighted by Gasteiger charge is 2.23. The lowest BCUT2D eigenvalue weighted by atomic mass is 10.1. The molecule has 3 aromatic rings. The molecule has 0 saturated heterocycles. The van der Waals surface area contributed by atoms with Gasteiger partial charge in [-0.2, -0.15) is 5.10 Å². The number of nitrogens with one attached hydrogen (secondary N) is 1. The summed E-state index contributed by atoms with van der Waals surface area (Å²) in [6.07, 6.45) is -1.23. The second-order valence-corrected chi connectivity index (χ2v) is 7.10. The molecule has 0 fully saturated rings. The fourth-order valence-electron chi connectivity index (χ4n) is 3.21. The van der Waals surface area contributed by atoms with Crippen LogP contribution in [0.5, 0.6) is 11.5 Å². The Labute approximate surface area is 177 Å². The van der Waals surface area contributed by atoms with E-state index in [0.717, 1.165) is 0 Å². The summed E-state index contributed by atoms with van der Waals surface area (Å²) in [6, 6.07) is 12.2. The van der Waals surface area contributed by atoms with Crippen molar-refractivity contribution in [2.45, 2.75) is 13.2 Å². The molecular formula is C20H20ClN5O4. The van der Waals surface area contributed by atoms with E-state index in [9.17, 15) is 9.90 Å². The number of ether oxygens (including phenoxy) is 2. The maximum absolute atomic E-state index is 13.1. The summed E-state index contributed by atoms with van der Waals surface area (Å²) in [5.41, 5.74) is 4.71. The minimum atomic E-state index is -1.23. The average Bonchev–Trinajstić information content (AvgIpc) is 3.36. The molecule has 0 saturated carbocycles. The van der Waals surface area contributed by atoms with E-state index >= 15 is 0 Å². The number of rotatable bonds is 5. The van der Waals surface area contributed by atoms with Gasteiger partial charge < -0.3 is 19.5 Å². The number of nitrogens with zero attached hydrogens (tertiary/aromatic N) is 3. The Morgan fingerprint density at radius 2 is 2.07 bits per heavy atom. The van der Waals surface area contributed by atoms with Crippen molar-refractivity contribution in [3.63, 3.8) is 0 Å². The van der Waals surface area contributed by atoms with Gasteiger partial charge in [-0.05, 0) is 37.3 Å². The number of aliphatic hydroxyl groups excluding tert-OH is 1. The summed E-state index contributed by atoms with van der Waals surface area (Å²) in [5.74, 6) is 6.38. The van der Waals surface area contributed by atoms with Crippen molar-refractivity contribution in [1.29, 1.82) is 0 Å². The lowest BCUT2D eigenvalue weighted by molar-refractivity contribution is 0.0993. The van der Waals surface area contributed by atoms with Crippen molar-refractivity contribution in [1.82, 2.24) is 15.2 Å². The molecule has 1 aliphatic rings. The van der Waals surface area contributed by atoms with Gasteiger partial charge in [0.15, 0.2) is 17.7 Å². The molecule has 2 aromatic carbocycles. The zero-order valence-electron chi connectivity index (χ0n) is 16.3. The molecule has 0 aliphatic carbocycles. The van der Waals surface area contributed by atoms with Gasteiger partial charge in [0.25, 0.3) is 5.91 Å². The Morgan fingerprint density at radius 3 is 2.83 bits per heavy atom. The Balaban J connectivity index is 1.67. The molecule has 1 aliphatic heterocycles. The predicted octanol–water partition coefficient (Wildman–Crippen LogP) is 2.29. The SMILES string of the molecule is Cc1nn(-c2cccc(C(=O)N(C)c3ccc4c(c3)OCO4)c2)c(C(O)NN)c1Cl. The van der Waals surface area contributed by atoms with Crippen molar-refractivity contribution in [3.05, 3.63) is 64.4 Å². The molecule has 1 aromatic heterocycles. The van der Waals surface area contributed by atoms with Gasteiger partial charge in [0.05, 0.1) is 16.4 Å². The second-order valence-electron chi connectivity index (χ2n) is 6.72. The number of halogens is 1. The maximum Gasteiger partial charge on any atom is 0.258 e. The molecular weight excluding hydrogens is 410 g/mol. The van der Waals surface area contributed by atoms with Crippen LogP contribution in [-0.2, 0) is 0 Å². The molecule has 0 spiro atoms. The monoisotopic (exact) mass is 429 g/mol. The van der Waals surface area contributed by atoms with Crippen LogP contribution in [0.1, 0.15) is 28.0 Å². The highest BCUT2D eigenvalue weighted by molar-refractivity contribution is 6.32. The third-order valence-corrected chi connectivity index (χ3v) is 5.29. The van der Waals surface area contributed by atoms with Crippen LogP contribution in [0, 0.1) is 6.92 Å². The van der Waals surface area contributed by atoms with E-state index < -0.39 is 6.23 Å². The summed E-state index contributed by atoms with van der Waals surface area (Å²) < 4.78 is 12.2. The van der Waals surface area contributed by atoms with Crippen molar-refractivity contribution >= 4 is 23.2 Å². The number of hydrogen-bond acceptors (Lipinski definition) is 7. The van der Waals surface area contributed by atoms with E-state index in [4.69, 9.17) is 26.9 Å². The molecule has 0 radical (unpaired) electrons. The molecule has 4 N–H and O–H groups in total. The number of fused-ring (bicyclic) bond motifs is 1. The summed E-state index contributed by atoms with van der Waals surface area (Å²) in [4.78, 5) is 14.6. The number of nitrogens with two attached hydrogens (primary N) is 1. The number of hydrogen-bond donors (Lipinski definition) is 3. The fourth-order valence-corrected chi connectivity index (χ4v) is 3.43. The van der Waals surface area contributed by atoms with Gasteiger partial charge in [0.2, 0.25) is 6.79 Å². The normalized spacial score (nSPS) is 13.4. The van der Waals surface area contributed by atoms with E-state index in [0.29, 0.717) is 34.1 Å². The third-order valence-electron chi connectivity index (χ3n) is 4.82. The first-order valence-corrected chi connectivity index (χ1v) is 9.46. The maximum atomic E-state index is 13.1. The summed E-state index contributed by atoms with van der Waals surface area (Å²) in [5, 5.41) is 14.8. The molecule has 1 atom stereocenters. The number of aryl methyl sites for hydroxylation is 1. The van der Waals surface area contributed by atoms with E-state index in [2.05, 4.69) is 10.5 Å². The first-order valence-electron chi connectivity index (χ1n) is 9.08. The molecule has 2 heterocycles. The van der Waals surface area contributed by atoms with Gasteiger partial charge >= 0.3 is 0 Å². The molecule has 10 heteroatoms. The van der Waals surface area contributed by atoms with Crippen molar-refractivity contribution < 1.29 is 19.4 Å². The van der Waals surface area contributed by atoms with Crippen LogP contribution in [0.15, 0.2) is 42.5 Å². The van der Waals surface area contributed by atoms with Gasteiger partial charge in [-0.25, -0.2) is 10.1 Å². The van der Waals surface area contributed by atoms with E-state index in [1.165, 1.54) is 9.58 Å². The largest absolute Gasteiger partial charge is 0.454 e. The van der Waals surface area contributed by atoms with Crippen LogP contribution in [0.2, 0.25) is 5.02 Å². The first-order chi connectivity index (χ1) is 14.4. The minimum Gasteiger partial charge on any atom is -0.454 e. The number of benzene rings is 2. The number of carbonyl (C=O) groups is 1. The standard InChI is InChI=1S/C20H20ClN5O4/c1-11-17(21)18(19(27)23-22)26(24-11)14-5-3-4-12(8-14)20(28)25(2)13-6-7-15-16(9-13)30-10-29-15/h3-9,19,23,27H,10,22H2,1-2H3. The quantitative estimate of drug-likeness (QED) is 0.324. The number of aromatic nitrogens is 2. The highest BCUT2D eigenvalue weighted by Crippen LogP contribution is 2.35. The Morgan fingerprint density at radius 1 is 1.30 bits per heavy atom. The van der Waals surface area contributed by atoms with E-state index in [1.807, 2.05) is 0 Å². The number of amides is 1. The topological polar surface area (TPSA) is 115 Å². The molecule has 1 amide bonds. The number of aliphatic hydroxyl groups is 1. The molecule has 156 valence electrons. The van der Waals surface area contributed by atoms with Gasteiger partial charge in [-0.1, -0.05) is 17.7 Å². The number of anilines is 1. The number of hydrazine groups is 1. The van der Waals surface area contributed by atoms with Crippen LogP contribution in [-0.4, -0.2) is 34.6 Å². The van der Waals surface area contributed by atoms with Crippen LogP contribution in [0.3, 0.4) is 0 Å². The molecule has 9 nitrogen and oxygen atoms in total. The zero-order valence-corrected chi connectivity index (χ0v) is 17.1. The van der Waals surface area contributed by atoms with E-state index in [1.54, 1.807) is 56.4 Å². The summed E-state index contributed by atoms with van der Waals surface area (Å²) in [6.45, 7) is 1.88. The van der Waals surface area contributed by atoms with Gasteiger partial charge in [-0.3, -0.25) is 10.6 Å². The molecule has 1 unspecified atom stereocenters. The smallest absolute Gasteiger partial charge is 0.258 e. The van der Waals surface area contributed by atoms with E-state index in [-0.39, 0.29) is 23.4 Å². The highest BCUT2D eigenvalue weighted by atomic mass is 35.5. The lowest BCUT2D eigenvalue weighted by Crippen LogP contribution is -2.29. The van der Waals surface area contributed by atoms with Crippen LogP contribution < -0.4 is 25.6 Å². The Kier molecular flexibility index (Phi) is 5.35. The third kappa shape index (κ3) is 3.48. The molecule has 30 heavy (non-hydrogen) atoms. The van der Waals surface area contributed by atoms with Crippen molar-refractivity contribution in [2.75, 3.05) is 18.7 Å². The van der Waals surface area contributed by atoms with Crippen molar-refractivity contribution in [2.24, 2.45) is 5.84 Å². The fraction of sp³-hybridized carbons (Fsp3) is 0.200. The molecule has 4 rings (SSSR count). The van der Waals surface area contributed by atoms with Gasteiger partial charge in [-0.15, -0.1) is 0 Å². The van der Waals surface area contributed by atoms with Gasteiger partial charge in [0, 0.05) is 24.4 Å². The second kappa shape index (κ2) is 7.96. The summed E-state index contributed by atoms with van der Waals surface area (Å²) in [7, 11) is 1.68. The average molecular weight is 430 g/mol. The number of carbonyl (C=O) groups excluding carboxylic acids is 1. The van der Waals surface area contributed by atoms with Crippen LogP contribution >= 0.6 is 11.6 Å². The predicted molar refractivity (Wildman–Crippen MR) is 111 cm³/mol. The van der Waals surface area contributed by atoms with Crippen molar-refractivity contribution in [3.8, 4) is 17.2 Å². The first kappa shape index (κ1) is 20.2. The Bertz CT molecular complexity index is 1120. The van der Waals surface area contributed by atoms with Crippen LogP contribution in [0.4, 0.5) is 5.69 Å². The van der Waals surface area contributed by atoms with Crippen LogP contribution in [0.25, 0.3) is 5.69 Å². The summed E-state index contributed by atoms with van der Waals surface area (Å²) >= 11 is 6.28. The van der Waals surface area contributed by atoms with Gasteiger partial charge in [0.1, 0.15) is 5.69 Å².